The standard InChI is InChI=1S/C9H10F10O3/c10-6(11,12)4-2-1-3-5-20-9(17,18)21-7(13,14)8(15,16)22-19/h1-5H2. The summed E-state index contributed by atoms with van der Waals surface area (Å²) in [5.74, 6) is 0. The molecule has 0 N–H and O–H groups in total. The van der Waals surface area contributed by atoms with Crippen molar-refractivity contribution in [1.29, 1.82) is 0 Å². The molecule has 0 aliphatic carbocycles. The summed E-state index contributed by atoms with van der Waals surface area (Å²) in [5, 5.41) is 0. The van der Waals surface area contributed by atoms with Crippen LogP contribution in [0.3, 0.4) is 0 Å². The summed E-state index contributed by atoms with van der Waals surface area (Å²) in [5.41, 5.74) is 0. The quantitative estimate of drug-likeness (QED) is 0.320. The van der Waals surface area contributed by atoms with Crippen LogP contribution in [0.5, 0.6) is 0 Å². The van der Waals surface area contributed by atoms with Gasteiger partial charge in [0.25, 0.3) is 0 Å². The third-order valence-corrected chi connectivity index (χ3v) is 2.06. The fourth-order valence-electron chi connectivity index (χ4n) is 1.08. The lowest BCUT2D eigenvalue weighted by Gasteiger charge is -2.25. The highest BCUT2D eigenvalue weighted by Crippen LogP contribution is 2.40. The maximum absolute atomic E-state index is 12.7. The second kappa shape index (κ2) is 7.64. The van der Waals surface area contributed by atoms with Crippen molar-refractivity contribution in [2.24, 2.45) is 0 Å². The Morgan fingerprint density at radius 2 is 1.23 bits per heavy atom. The zero-order valence-electron chi connectivity index (χ0n) is 10.5. The van der Waals surface area contributed by atoms with Gasteiger partial charge in [-0.3, -0.25) is 4.74 Å². The van der Waals surface area contributed by atoms with Crippen LogP contribution in [0.2, 0.25) is 0 Å². The predicted octanol–water partition coefficient (Wildman–Crippen LogP) is 4.78. The number of alkyl halides is 9. The van der Waals surface area contributed by atoms with Crippen molar-refractivity contribution in [3.05, 3.63) is 0 Å². The molecule has 0 aliphatic rings. The van der Waals surface area contributed by atoms with E-state index in [9.17, 15) is 44.0 Å². The number of hydrogen-bond acceptors (Lipinski definition) is 3. The van der Waals surface area contributed by atoms with Gasteiger partial charge in [0, 0.05) is 6.42 Å². The lowest BCUT2D eigenvalue weighted by Crippen LogP contribution is -2.48. The first-order valence-electron chi connectivity index (χ1n) is 5.56. The molecule has 0 unspecified atom stereocenters. The van der Waals surface area contributed by atoms with E-state index in [-0.39, 0.29) is 6.42 Å². The summed E-state index contributed by atoms with van der Waals surface area (Å²) >= 11 is 0. The second-order valence-electron chi connectivity index (χ2n) is 3.95. The van der Waals surface area contributed by atoms with E-state index in [1.807, 2.05) is 0 Å². The molecule has 0 heterocycles. The van der Waals surface area contributed by atoms with E-state index >= 15 is 0 Å². The van der Waals surface area contributed by atoms with Crippen LogP contribution < -0.4 is 0 Å². The monoisotopic (exact) mass is 356 g/mol. The SMILES string of the molecule is FOC(F)(F)C(F)(F)OC(F)(F)OCCCCCC(F)(F)F. The maximum Gasteiger partial charge on any atom is 0.490 e. The van der Waals surface area contributed by atoms with Crippen LogP contribution in [-0.2, 0) is 14.4 Å². The van der Waals surface area contributed by atoms with Crippen molar-refractivity contribution in [2.75, 3.05) is 6.61 Å². The first kappa shape index (κ1) is 21.2. The van der Waals surface area contributed by atoms with Gasteiger partial charge in [-0.15, -0.1) is 13.7 Å². The third-order valence-electron chi connectivity index (χ3n) is 2.06. The molecular formula is C9H10F10O3. The minimum atomic E-state index is -6.04. The van der Waals surface area contributed by atoms with Crippen LogP contribution >= 0.6 is 0 Å². The third kappa shape index (κ3) is 7.98. The highest BCUT2D eigenvalue weighted by atomic mass is 19.4. The zero-order valence-corrected chi connectivity index (χ0v) is 10.5. The first-order valence-corrected chi connectivity index (χ1v) is 5.56. The van der Waals surface area contributed by atoms with E-state index in [2.05, 4.69) is 9.47 Å². The van der Waals surface area contributed by atoms with E-state index in [4.69, 9.17) is 0 Å². The first-order chi connectivity index (χ1) is 9.72. The highest BCUT2D eigenvalue weighted by Gasteiger charge is 2.66. The van der Waals surface area contributed by atoms with Gasteiger partial charge in [-0.2, -0.15) is 30.7 Å². The lowest BCUT2D eigenvalue weighted by molar-refractivity contribution is -0.546. The van der Waals surface area contributed by atoms with Crippen LogP contribution in [0.4, 0.5) is 44.0 Å². The molecule has 0 aromatic carbocycles. The summed E-state index contributed by atoms with van der Waals surface area (Å²) in [6.07, 6.45) is -23.9. The molecule has 0 bridgehead atoms. The number of unbranched alkanes of at least 4 members (excludes halogenated alkanes) is 2. The number of rotatable bonds is 10. The van der Waals surface area contributed by atoms with Crippen LogP contribution in [0.25, 0.3) is 0 Å². The summed E-state index contributed by atoms with van der Waals surface area (Å²) in [6.45, 7) is -1.05. The molecule has 0 aliphatic heterocycles. The molecule has 0 rings (SSSR count). The van der Waals surface area contributed by atoms with Gasteiger partial charge < -0.3 is 0 Å². The highest BCUT2D eigenvalue weighted by molar-refractivity contribution is 4.65. The van der Waals surface area contributed by atoms with Crippen LogP contribution in [0, 0.1) is 0 Å². The molecule has 134 valence electrons. The molecule has 0 saturated carbocycles. The summed E-state index contributed by atoms with van der Waals surface area (Å²) in [6, 6.07) is 0. The predicted molar refractivity (Wildman–Crippen MR) is 48.6 cm³/mol. The van der Waals surface area contributed by atoms with E-state index in [0.29, 0.717) is 0 Å². The molecule has 0 atom stereocenters. The Balaban J connectivity index is 4.15. The van der Waals surface area contributed by atoms with Crippen LogP contribution in [0.15, 0.2) is 0 Å². The Labute approximate surface area is 117 Å². The van der Waals surface area contributed by atoms with Crippen molar-refractivity contribution in [3.8, 4) is 0 Å². The molecule has 0 aromatic rings. The number of hydrogen-bond donors (Lipinski definition) is 0. The smallest absolute Gasteiger partial charge is 0.296 e. The van der Waals surface area contributed by atoms with Gasteiger partial charge in [-0.1, -0.05) is 6.42 Å². The average Bonchev–Trinajstić information content (AvgIpc) is 2.30. The topological polar surface area (TPSA) is 27.7 Å². The van der Waals surface area contributed by atoms with Gasteiger partial charge in [-0.25, -0.2) is 4.74 Å². The minimum absolute atomic E-state index is 0.240. The van der Waals surface area contributed by atoms with Crippen LogP contribution in [0.1, 0.15) is 25.7 Å². The summed E-state index contributed by atoms with van der Waals surface area (Å²) < 4.78 is 126. The number of halogens is 10. The van der Waals surface area contributed by atoms with E-state index in [1.165, 1.54) is 4.94 Å². The Hall–Kier alpha value is -0.820. The van der Waals surface area contributed by atoms with Crippen molar-refractivity contribution in [1.82, 2.24) is 0 Å². The normalized spacial score (nSPS) is 14.5. The van der Waals surface area contributed by atoms with Crippen LogP contribution in [-0.4, -0.2) is 31.3 Å². The zero-order chi connectivity index (χ0) is 17.7. The molecule has 0 fully saturated rings. The van der Waals surface area contributed by atoms with Gasteiger partial charge in [0.05, 0.1) is 6.61 Å². The Morgan fingerprint density at radius 1 is 0.682 bits per heavy atom. The Kier molecular flexibility index (Phi) is 7.35. The van der Waals surface area contributed by atoms with Crippen molar-refractivity contribution >= 4 is 0 Å². The summed E-state index contributed by atoms with van der Waals surface area (Å²) in [4.78, 5) is 1.53. The summed E-state index contributed by atoms with van der Waals surface area (Å²) in [7, 11) is 0. The Morgan fingerprint density at radius 3 is 1.68 bits per heavy atom. The van der Waals surface area contributed by atoms with Gasteiger partial charge in [0.15, 0.2) is 0 Å². The fraction of sp³-hybridized carbons (Fsp3) is 1.00. The minimum Gasteiger partial charge on any atom is -0.296 e. The molecule has 0 saturated heterocycles. The van der Waals surface area contributed by atoms with Crippen molar-refractivity contribution in [3.63, 3.8) is 0 Å². The molecule has 3 nitrogen and oxygen atoms in total. The van der Waals surface area contributed by atoms with Gasteiger partial charge in [0.2, 0.25) is 0 Å². The van der Waals surface area contributed by atoms with E-state index in [1.54, 1.807) is 0 Å². The van der Waals surface area contributed by atoms with E-state index < -0.39 is 50.6 Å². The molecule has 13 heteroatoms. The second-order valence-corrected chi connectivity index (χ2v) is 3.95. The largest absolute Gasteiger partial charge is 0.490 e. The molecule has 0 amide bonds. The lowest BCUT2D eigenvalue weighted by atomic mass is 10.2. The maximum atomic E-state index is 12.7. The van der Waals surface area contributed by atoms with E-state index in [0.717, 1.165) is 0 Å². The molecule has 0 radical (unpaired) electrons. The van der Waals surface area contributed by atoms with Gasteiger partial charge >= 0.3 is 24.7 Å². The average molecular weight is 356 g/mol. The molecular weight excluding hydrogens is 346 g/mol. The van der Waals surface area contributed by atoms with Crippen molar-refractivity contribution in [2.45, 2.75) is 50.4 Å². The molecule has 0 aromatic heterocycles. The molecule has 0 spiro atoms. The Bertz CT molecular complexity index is 330. The number of ether oxygens (including phenoxy) is 2. The van der Waals surface area contributed by atoms with Gasteiger partial charge in [0.1, 0.15) is 0 Å². The van der Waals surface area contributed by atoms with Crippen molar-refractivity contribution < 1.29 is 58.5 Å². The molecule has 22 heavy (non-hydrogen) atoms. The fourth-order valence-corrected chi connectivity index (χ4v) is 1.08. The van der Waals surface area contributed by atoms with Gasteiger partial charge in [-0.05, 0) is 17.4 Å².